The second kappa shape index (κ2) is 4.87. The van der Waals surface area contributed by atoms with Crippen LogP contribution in [-0.4, -0.2) is 24.0 Å². The van der Waals surface area contributed by atoms with Gasteiger partial charge in [0.2, 0.25) is 0 Å². The number of rotatable bonds is 2. The molecule has 84 valence electrons. The molecular formula is C9H10N4O3. The number of nitrogens with one attached hydrogen (secondary N) is 1. The molecule has 3 amide bonds. The number of carbonyl (C=O) groups excluding carboxylic acids is 2. The third-order valence-corrected chi connectivity index (χ3v) is 1.79. The summed E-state index contributed by atoms with van der Waals surface area (Å²) in [6.45, 7) is 0. The lowest BCUT2D eigenvalue weighted by Gasteiger charge is -2.07. The minimum atomic E-state index is -0.901. The number of benzene rings is 1. The topological polar surface area (TPSA) is 105 Å². The number of hydrogen-bond donors (Lipinski definition) is 2. The number of urea groups is 1. The van der Waals surface area contributed by atoms with Gasteiger partial charge in [-0.2, -0.15) is 5.01 Å². The number of carbonyl (C=O) groups is 2. The lowest BCUT2D eigenvalue weighted by molar-refractivity contribution is 0.0955. The molecule has 1 aromatic carbocycles. The summed E-state index contributed by atoms with van der Waals surface area (Å²) in [4.78, 5) is 32.6. The van der Waals surface area contributed by atoms with Crippen LogP contribution in [0.1, 0.15) is 10.4 Å². The van der Waals surface area contributed by atoms with Crippen LogP contribution in [0.15, 0.2) is 29.6 Å². The molecule has 0 bridgehead atoms. The van der Waals surface area contributed by atoms with E-state index < -0.39 is 11.9 Å². The summed E-state index contributed by atoms with van der Waals surface area (Å²) in [7, 11) is 1.13. The van der Waals surface area contributed by atoms with Gasteiger partial charge in [0, 0.05) is 18.3 Å². The first-order valence-electron chi connectivity index (χ1n) is 4.32. The minimum absolute atomic E-state index is 0.229. The van der Waals surface area contributed by atoms with Crippen LogP contribution in [0, 0.1) is 4.91 Å². The van der Waals surface area contributed by atoms with Crippen molar-refractivity contribution in [3.63, 3.8) is 0 Å². The molecule has 0 saturated heterocycles. The van der Waals surface area contributed by atoms with Crippen molar-refractivity contribution in [3.8, 4) is 0 Å². The molecule has 0 fully saturated rings. The van der Waals surface area contributed by atoms with E-state index in [0.717, 1.165) is 7.05 Å². The summed E-state index contributed by atoms with van der Waals surface area (Å²) in [5, 5.41) is 4.80. The van der Waals surface area contributed by atoms with Gasteiger partial charge in [0.15, 0.2) is 0 Å². The molecule has 0 spiro atoms. The normalized spacial score (nSPS) is 9.31. The average Bonchev–Trinajstić information content (AvgIpc) is 2.27. The van der Waals surface area contributed by atoms with Crippen molar-refractivity contribution in [2.75, 3.05) is 12.8 Å². The van der Waals surface area contributed by atoms with Crippen molar-refractivity contribution in [3.05, 3.63) is 34.7 Å². The van der Waals surface area contributed by atoms with Gasteiger partial charge in [0.25, 0.3) is 5.91 Å². The molecule has 0 aliphatic heterocycles. The van der Waals surface area contributed by atoms with Crippen molar-refractivity contribution in [2.24, 2.45) is 5.29 Å². The Balaban J connectivity index is 2.73. The van der Waals surface area contributed by atoms with E-state index in [1.54, 1.807) is 12.1 Å². The highest BCUT2D eigenvalue weighted by molar-refractivity contribution is 6.04. The molecular weight excluding hydrogens is 212 g/mol. The summed E-state index contributed by atoms with van der Waals surface area (Å²) in [6, 6.07) is 5.20. The fourth-order valence-corrected chi connectivity index (χ4v) is 0.967. The Hall–Kier alpha value is -2.44. The van der Waals surface area contributed by atoms with E-state index in [2.05, 4.69) is 5.29 Å². The quantitative estimate of drug-likeness (QED) is 0.437. The maximum absolute atomic E-state index is 11.5. The highest BCUT2D eigenvalue weighted by Crippen LogP contribution is 2.06. The molecule has 0 unspecified atom stereocenters. The Kier molecular flexibility index (Phi) is 3.54. The average molecular weight is 222 g/mol. The number of nitrogen functional groups attached to an aromatic ring is 1. The molecule has 0 aliphatic rings. The lowest BCUT2D eigenvalue weighted by atomic mass is 10.2. The van der Waals surface area contributed by atoms with Gasteiger partial charge >= 0.3 is 6.03 Å². The van der Waals surface area contributed by atoms with Gasteiger partial charge in [0.05, 0.1) is 5.29 Å². The van der Waals surface area contributed by atoms with Crippen LogP contribution >= 0.6 is 0 Å². The zero-order chi connectivity index (χ0) is 12.1. The molecule has 1 rings (SSSR count). The van der Waals surface area contributed by atoms with E-state index >= 15 is 0 Å². The van der Waals surface area contributed by atoms with Crippen LogP contribution in [0.3, 0.4) is 0 Å². The van der Waals surface area contributed by atoms with Gasteiger partial charge in [-0.25, -0.2) is 4.79 Å². The molecule has 0 aliphatic carbocycles. The summed E-state index contributed by atoms with van der Waals surface area (Å²) >= 11 is 0. The highest BCUT2D eigenvalue weighted by Gasteiger charge is 2.14. The Bertz CT molecular complexity index is 433. The zero-order valence-electron chi connectivity index (χ0n) is 8.51. The first kappa shape index (κ1) is 11.6. The number of amides is 3. The smallest absolute Gasteiger partial charge is 0.347 e. The summed E-state index contributed by atoms with van der Waals surface area (Å²) in [5.41, 5.74) is 6.10. The predicted molar refractivity (Wildman–Crippen MR) is 57.3 cm³/mol. The SMILES string of the molecule is CN(N=O)C(=O)NC(=O)c1cccc(N)c1. The first-order valence-corrected chi connectivity index (χ1v) is 4.32. The number of anilines is 1. The molecule has 1 aromatic rings. The number of nitroso groups, excluding NO2 is 1. The Labute approximate surface area is 91.2 Å². The number of imide groups is 1. The summed E-state index contributed by atoms with van der Waals surface area (Å²) in [5.74, 6) is -0.646. The third kappa shape index (κ3) is 2.77. The van der Waals surface area contributed by atoms with E-state index in [1.807, 2.05) is 5.32 Å². The number of hydrogen-bond acceptors (Lipinski definition) is 5. The largest absolute Gasteiger partial charge is 0.399 e. The molecule has 7 heteroatoms. The van der Waals surface area contributed by atoms with E-state index in [4.69, 9.17) is 5.73 Å². The first-order chi connectivity index (χ1) is 7.54. The Morgan fingerprint density at radius 2 is 2.12 bits per heavy atom. The van der Waals surface area contributed by atoms with Gasteiger partial charge in [0.1, 0.15) is 0 Å². The van der Waals surface area contributed by atoms with Crippen molar-refractivity contribution >= 4 is 17.6 Å². The van der Waals surface area contributed by atoms with Gasteiger partial charge in [-0.1, -0.05) is 6.07 Å². The summed E-state index contributed by atoms with van der Waals surface area (Å²) in [6.07, 6.45) is 0. The molecule has 0 saturated carbocycles. The van der Waals surface area contributed by atoms with Gasteiger partial charge in [-0.15, -0.1) is 4.91 Å². The van der Waals surface area contributed by atoms with Crippen molar-refractivity contribution in [1.82, 2.24) is 10.3 Å². The molecule has 0 radical (unpaired) electrons. The van der Waals surface area contributed by atoms with Gasteiger partial charge < -0.3 is 5.73 Å². The standard InChI is InChI=1S/C9H10N4O3/c1-13(12-16)9(15)11-8(14)6-3-2-4-7(10)5-6/h2-5H,10H2,1H3,(H,11,14,15). The molecule has 3 N–H and O–H groups in total. The van der Waals surface area contributed by atoms with Crippen molar-refractivity contribution < 1.29 is 9.59 Å². The Morgan fingerprint density at radius 1 is 1.44 bits per heavy atom. The second-order valence-electron chi connectivity index (χ2n) is 2.99. The monoisotopic (exact) mass is 222 g/mol. The van der Waals surface area contributed by atoms with Crippen LogP contribution in [-0.2, 0) is 0 Å². The maximum atomic E-state index is 11.5. The predicted octanol–water partition coefficient (Wildman–Crippen LogP) is 0.732. The molecule has 0 heterocycles. The van der Waals surface area contributed by atoms with Crippen molar-refractivity contribution in [1.29, 1.82) is 0 Å². The molecule has 0 aromatic heterocycles. The fraction of sp³-hybridized carbons (Fsp3) is 0.111. The lowest BCUT2D eigenvalue weighted by Crippen LogP contribution is -2.37. The van der Waals surface area contributed by atoms with Gasteiger partial charge in [-0.05, 0) is 18.2 Å². The molecule has 7 nitrogen and oxygen atoms in total. The van der Waals surface area contributed by atoms with E-state index in [0.29, 0.717) is 10.7 Å². The van der Waals surface area contributed by atoms with Crippen LogP contribution in [0.5, 0.6) is 0 Å². The van der Waals surface area contributed by atoms with E-state index in [9.17, 15) is 14.5 Å². The van der Waals surface area contributed by atoms with Crippen LogP contribution in [0.4, 0.5) is 10.5 Å². The fourth-order valence-electron chi connectivity index (χ4n) is 0.967. The van der Waals surface area contributed by atoms with E-state index in [1.165, 1.54) is 12.1 Å². The van der Waals surface area contributed by atoms with Crippen LogP contribution in [0.2, 0.25) is 0 Å². The van der Waals surface area contributed by atoms with Crippen LogP contribution in [0.25, 0.3) is 0 Å². The van der Waals surface area contributed by atoms with Crippen molar-refractivity contribution in [2.45, 2.75) is 0 Å². The highest BCUT2D eigenvalue weighted by atomic mass is 16.3. The molecule has 0 atom stereocenters. The minimum Gasteiger partial charge on any atom is -0.399 e. The number of nitrogens with two attached hydrogens (primary N) is 1. The second-order valence-corrected chi connectivity index (χ2v) is 2.99. The van der Waals surface area contributed by atoms with E-state index in [-0.39, 0.29) is 5.56 Å². The summed E-state index contributed by atoms with van der Waals surface area (Å²) < 4.78 is 0. The molecule has 16 heavy (non-hydrogen) atoms. The number of nitrogens with zero attached hydrogens (tertiary/aromatic N) is 2. The maximum Gasteiger partial charge on any atom is 0.347 e. The Morgan fingerprint density at radius 3 is 2.69 bits per heavy atom. The van der Waals surface area contributed by atoms with Gasteiger partial charge in [-0.3, -0.25) is 10.1 Å². The third-order valence-electron chi connectivity index (χ3n) is 1.79. The van der Waals surface area contributed by atoms with Crippen LogP contribution < -0.4 is 11.1 Å². The zero-order valence-corrected chi connectivity index (χ0v) is 8.51.